The van der Waals surface area contributed by atoms with Crippen molar-refractivity contribution in [2.45, 2.75) is 61.0 Å². The first-order valence-electron chi connectivity index (χ1n) is 10.4. The van der Waals surface area contributed by atoms with Crippen molar-refractivity contribution in [1.82, 2.24) is 19.7 Å². The van der Waals surface area contributed by atoms with Crippen LogP contribution in [0.5, 0.6) is 0 Å². The second kappa shape index (κ2) is 8.44. The van der Waals surface area contributed by atoms with Gasteiger partial charge in [-0.3, -0.25) is 4.98 Å². The second-order valence-corrected chi connectivity index (χ2v) is 9.96. The average molecular weight is 455 g/mol. The van der Waals surface area contributed by atoms with Crippen LogP contribution in [0.4, 0.5) is 13.2 Å². The van der Waals surface area contributed by atoms with Crippen molar-refractivity contribution in [3.63, 3.8) is 0 Å². The highest BCUT2D eigenvalue weighted by Gasteiger charge is 2.53. The summed E-state index contributed by atoms with van der Waals surface area (Å²) in [6, 6.07) is 4.11. The third-order valence-electron chi connectivity index (χ3n) is 6.68. The zero-order valence-electron chi connectivity index (χ0n) is 17.2. The molecule has 0 aromatic carbocycles. The van der Waals surface area contributed by atoms with Crippen molar-refractivity contribution in [3.05, 3.63) is 35.9 Å². The highest BCUT2D eigenvalue weighted by molar-refractivity contribution is 7.98. The molecule has 31 heavy (non-hydrogen) atoms. The van der Waals surface area contributed by atoms with Crippen LogP contribution >= 0.6 is 11.8 Å². The zero-order chi connectivity index (χ0) is 22.2. The maximum Gasteiger partial charge on any atom is 0.490 e. The van der Waals surface area contributed by atoms with Gasteiger partial charge in [0, 0.05) is 30.6 Å². The molecule has 6 nitrogen and oxygen atoms in total. The Morgan fingerprint density at radius 1 is 1.19 bits per heavy atom. The number of hydrogen-bond donors (Lipinski definition) is 1. The van der Waals surface area contributed by atoms with Crippen LogP contribution in [0.3, 0.4) is 0 Å². The lowest BCUT2D eigenvalue weighted by Crippen LogP contribution is -2.49. The van der Waals surface area contributed by atoms with E-state index in [0.717, 1.165) is 28.7 Å². The number of nitrogens with zero attached hydrogens (tertiary/aromatic N) is 4. The monoisotopic (exact) mass is 454 g/mol. The first-order valence-corrected chi connectivity index (χ1v) is 11.4. The number of aromatic nitrogens is 4. The molecule has 4 aliphatic carbocycles. The summed E-state index contributed by atoms with van der Waals surface area (Å²) in [6.45, 7) is 0. The van der Waals surface area contributed by atoms with Crippen molar-refractivity contribution >= 4 is 17.7 Å². The topological polar surface area (TPSA) is 80.9 Å². The Morgan fingerprint density at radius 2 is 1.77 bits per heavy atom. The predicted molar refractivity (Wildman–Crippen MR) is 108 cm³/mol. The minimum absolute atomic E-state index is 0.323. The molecule has 4 aliphatic rings. The molecule has 1 N–H and O–H groups in total. The highest BCUT2D eigenvalue weighted by Crippen LogP contribution is 2.60. The molecule has 2 heterocycles. The van der Waals surface area contributed by atoms with Crippen molar-refractivity contribution in [2.75, 3.05) is 0 Å². The number of thioether (sulfide) groups is 1. The fraction of sp³-hybridized carbons (Fsp3) is 0.619. The van der Waals surface area contributed by atoms with Crippen LogP contribution in [-0.2, 0) is 23.0 Å². The van der Waals surface area contributed by atoms with Crippen LogP contribution in [0.25, 0.3) is 0 Å². The molecule has 0 radical (unpaired) electrons. The molecule has 6 rings (SSSR count). The van der Waals surface area contributed by atoms with E-state index >= 15 is 0 Å². The summed E-state index contributed by atoms with van der Waals surface area (Å²) in [5, 5.41) is 17.4. The van der Waals surface area contributed by atoms with Gasteiger partial charge < -0.3 is 9.67 Å². The third kappa shape index (κ3) is 4.73. The molecular formula is C21H25F3N4O2S. The number of carboxylic acid groups (broad SMARTS) is 1. The number of alkyl halides is 3. The molecule has 2 aromatic rings. The van der Waals surface area contributed by atoms with E-state index in [-0.39, 0.29) is 0 Å². The summed E-state index contributed by atoms with van der Waals surface area (Å²) < 4.78 is 34.0. The third-order valence-corrected chi connectivity index (χ3v) is 7.77. The maximum absolute atomic E-state index is 10.6. The lowest BCUT2D eigenvalue weighted by Gasteiger charge is -2.56. The van der Waals surface area contributed by atoms with Crippen LogP contribution in [0.1, 0.15) is 49.9 Å². The van der Waals surface area contributed by atoms with Crippen LogP contribution < -0.4 is 0 Å². The lowest BCUT2D eigenvalue weighted by atomic mass is 9.49. The second-order valence-electron chi connectivity index (χ2n) is 9.02. The quantitative estimate of drug-likeness (QED) is 0.680. The van der Waals surface area contributed by atoms with Gasteiger partial charge in [0.15, 0.2) is 5.16 Å². The molecule has 4 fully saturated rings. The van der Waals surface area contributed by atoms with Gasteiger partial charge in [0.2, 0.25) is 0 Å². The fourth-order valence-electron chi connectivity index (χ4n) is 5.92. The lowest BCUT2D eigenvalue weighted by molar-refractivity contribution is -0.192. The standard InChI is InChI=1S/C19H24N4S.C2HF3O2/c1-23-17(19-8-14-5-15(9-19)7-16(6-14)10-19)21-22-18(23)24-12-13-3-2-4-20-11-13;3-2(4,5)1(6)7/h2-4,11,14-16H,5-10,12H2,1H3;(H,6,7). The molecule has 0 amide bonds. The van der Waals surface area contributed by atoms with Crippen molar-refractivity contribution < 1.29 is 23.1 Å². The summed E-state index contributed by atoms with van der Waals surface area (Å²) in [4.78, 5) is 13.1. The van der Waals surface area contributed by atoms with E-state index in [0.29, 0.717) is 5.41 Å². The maximum atomic E-state index is 10.6. The molecule has 2 aromatic heterocycles. The first kappa shape index (κ1) is 22.1. The smallest absolute Gasteiger partial charge is 0.475 e. The van der Waals surface area contributed by atoms with Gasteiger partial charge in [0.25, 0.3) is 0 Å². The van der Waals surface area contributed by atoms with Gasteiger partial charge in [-0.2, -0.15) is 13.2 Å². The molecule has 4 saturated carbocycles. The summed E-state index contributed by atoms with van der Waals surface area (Å²) in [5.74, 6) is 2.24. The molecule has 168 valence electrons. The average Bonchev–Trinajstić information content (AvgIpc) is 3.07. The Bertz CT molecular complexity index is 897. The number of rotatable bonds is 4. The van der Waals surface area contributed by atoms with Gasteiger partial charge >= 0.3 is 12.1 Å². The Labute approximate surface area is 182 Å². The largest absolute Gasteiger partial charge is 0.490 e. The number of pyridine rings is 1. The fourth-order valence-corrected chi connectivity index (χ4v) is 6.76. The van der Waals surface area contributed by atoms with Gasteiger partial charge in [0.05, 0.1) is 0 Å². The van der Waals surface area contributed by atoms with E-state index < -0.39 is 12.1 Å². The zero-order valence-corrected chi connectivity index (χ0v) is 18.0. The number of halogens is 3. The highest BCUT2D eigenvalue weighted by atomic mass is 32.2. The van der Waals surface area contributed by atoms with Crippen molar-refractivity contribution in [3.8, 4) is 0 Å². The molecule has 10 heteroatoms. The van der Waals surface area contributed by atoms with Crippen LogP contribution in [-0.4, -0.2) is 37.0 Å². The van der Waals surface area contributed by atoms with E-state index in [2.05, 4.69) is 27.8 Å². The van der Waals surface area contributed by atoms with E-state index in [4.69, 9.17) is 15.0 Å². The Morgan fingerprint density at radius 3 is 2.26 bits per heavy atom. The molecule has 0 spiro atoms. The van der Waals surface area contributed by atoms with Crippen LogP contribution in [0.2, 0.25) is 0 Å². The van der Waals surface area contributed by atoms with Gasteiger partial charge in [-0.25, -0.2) is 4.79 Å². The minimum atomic E-state index is -5.08. The Kier molecular flexibility index (Phi) is 6.02. The van der Waals surface area contributed by atoms with E-state index in [1.165, 1.54) is 49.9 Å². The van der Waals surface area contributed by atoms with E-state index in [1.807, 2.05) is 18.5 Å². The van der Waals surface area contributed by atoms with Crippen LogP contribution in [0.15, 0.2) is 29.7 Å². The van der Waals surface area contributed by atoms with E-state index in [9.17, 15) is 13.2 Å². The van der Waals surface area contributed by atoms with Crippen molar-refractivity contribution in [2.24, 2.45) is 24.8 Å². The molecule has 0 unspecified atom stereocenters. The minimum Gasteiger partial charge on any atom is -0.475 e. The number of hydrogen-bond acceptors (Lipinski definition) is 5. The summed E-state index contributed by atoms with van der Waals surface area (Å²) in [6.07, 6.45) is 7.12. The molecule has 4 bridgehead atoms. The number of carbonyl (C=O) groups is 1. The SMILES string of the molecule is Cn1c(SCc2cccnc2)nnc1C12CC3CC(CC(C3)C1)C2.O=C(O)C(F)(F)F. The summed E-state index contributed by atoms with van der Waals surface area (Å²) >= 11 is 1.77. The van der Waals surface area contributed by atoms with Gasteiger partial charge in [-0.05, 0) is 67.9 Å². The first-order chi connectivity index (χ1) is 14.7. The Hall–Kier alpha value is -2.10. The molecule has 0 aliphatic heterocycles. The predicted octanol–water partition coefficient (Wildman–Crippen LogP) is 4.60. The summed E-state index contributed by atoms with van der Waals surface area (Å²) in [5.41, 5.74) is 1.56. The molecular weight excluding hydrogens is 429 g/mol. The normalized spacial score (nSPS) is 28.8. The van der Waals surface area contributed by atoms with E-state index in [1.54, 1.807) is 11.8 Å². The van der Waals surface area contributed by atoms with Gasteiger partial charge in [0.1, 0.15) is 5.82 Å². The summed E-state index contributed by atoms with van der Waals surface area (Å²) in [7, 11) is 2.17. The van der Waals surface area contributed by atoms with Crippen LogP contribution in [0, 0.1) is 17.8 Å². The number of aliphatic carboxylic acids is 1. The van der Waals surface area contributed by atoms with Gasteiger partial charge in [-0.15, -0.1) is 10.2 Å². The van der Waals surface area contributed by atoms with Crippen molar-refractivity contribution in [1.29, 1.82) is 0 Å². The number of carboxylic acids is 1. The van der Waals surface area contributed by atoms with Gasteiger partial charge in [-0.1, -0.05) is 17.8 Å². The Balaban J connectivity index is 0.000000289. The molecule has 0 atom stereocenters. The molecule has 0 saturated heterocycles.